The van der Waals surface area contributed by atoms with Crippen molar-refractivity contribution in [2.45, 2.75) is 12.8 Å². The van der Waals surface area contributed by atoms with Crippen LogP contribution in [0.2, 0.25) is 0 Å². The van der Waals surface area contributed by atoms with Gasteiger partial charge in [0.25, 0.3) is 0 Å². The molecule has 0 aromatic heterocycles. The lowest BCUT2D eigenvalue weighted by Gasteiger charge is -2.15. The van der Waals surface area contributed by atoms with Crippen LogP contribution in [-0.2, 0) is 9.59 Å². The number of anilines is 2. The molecular weight excluding hydrogens is 326 g/mol. The van der Waals surface area contributed by atoms with Crippen molar-refractivity contribution in [3.05, 3.63) is 65.7 Å². The number of rotatable bonds is 4. The molecule has 2 amide bonds. The molecule has 6 heteroatoms. The van der Waals surface area contributed by atoms with Gasteiger partial charge in [0.05, 0.1) is 5.69 Å². The smallest absolute Gasteiger partial charge is 0.248 e. The minimum atomic E-state index is -0.706. The molecule has 1 heterocycles. The lowest BCUT2D eigenvalue weighted by Crippen LogP contribution is -2.23. The average molecular weight is 342 g/mol. The van der Waals surface area contributed by atoms with E-state index in [2.05, 4.69) is 5.32 Å². The first kappa shape index (κ1) is 16.8. The van der Waals surface area contributed by atoms with Gasteiger partial charge in [0.2, 0.25) is 11.8 Å². The molecule has 2 aromatic carbocycles. The second kappa shape index (κ2) is 7.25. The van der Waals surface area contributed by atoms with E-state index in [0.717, 1.165) is 42.4 Å². The van der Waals surface area contributed by atoms with Crippen LogP contribution in [0, 0.1) is 11.6 Å². The number of hydrogen-bond donors (Lipinski definition) is 1. The normalized spacial score (nSPS) is 14.3. The number of carbonyl (C=O) groups is 2. The Bertz CT molecular complexity index is 832. The summed E-state index contributed by atoms with van der Waals surface area (Å²) in [6, 6.07) is 10.0. The van der Waals surface area contributed by atoms with Gasteiger partial charge in [0.1, 0.15) is 11.6 Å². The third-order valence-corrected chi connectivity index (χ3v) is 3.89. The van der Waals surface area contributed by atoms with Crippen molar-refractivity contribution in [3.8, 4) is 0 Å². The molecule has 1 saturated heterocycles. The molecule has 0 bridgehead atoms. The topological polar surface area (TPSA) is 49.4 Å². The monoisotopic (exact) mass is 342 g/mol. The Hall–Kier alpha value is -3.02. The summed E-state index contributed by atoms with van der Waals surface area (Å²) in [5, 5.41) is 2.29. The highest BCUT2D eigenvalue weighted by Crippen LogP contribution is 2.22. The van der Waals surface area contributed by atoms with E-state index >= 15 is 0 Å². The van der Waals surface area contributed by atoms with Crippen molar-refractivity contribution >= 4 is 29.3 Å². The summed E-state index contributed by atoms with van der Waals surface area (Å²) in [7, 11) is 0. The van der Waals surface area contributed by atoms with Crippen LogP contribution in [0.4, 0.5) is 20.2 Å². The van der Waals surface area contributed by atoms with Gasteiger partial charge in [-0.2, -0.15) is 0 Å². The Morgan fingerprint density at radius 2 is 1.88 bits per heavy atom. The highest BCUT2D eigenvalue weighted by atomic mass is 19.1. The summed E-state index contributed by atoms with van der Waals surface area (Å²) in [5.74, 6) is -1.79. The van der Waals surface area contributed by atoms with Gasteiger partial charge in [-0.05, 0) is 42.3 Å². The average Bonchev–Trinajstić information content (AvgIpc) is 3.03. The molecule has 128 valence electrons. The maximum Gasteiger partial charge on any atom is 0.248 e. The minimum Gasteiger partial charge on any atom is -0.320 e. The van der Waals surface area contributed by atoms with Gasteiger partial charge in [-0.3, -0.25) is 9.59 Å². The maximum atomic E-state index is 13.5. The van der Waals surface area contributed by atoms with Crippen molar-refractivity contribution in [2.75, 3.05) is 16.8 Å². The zero-order chi connectivity index (χ0) is 17.8. The van der Waals surface area contributed by atoms with E-state index in [0.29, 0.717) is 6.42 Å². The molecule has 25 heavy (non-hydrogen) atoms. The lowest BCUT2D eigenvalue weighted by molar-refractivity contribution is -0.117. The Labute approximate surface area is 143 Å². The van der Waals surface area contributed by atoms with Crippen LogP contribution in [-0.4, -0.2) is 18.4 Å². The summed E-state index contributed by atoms with van der Waals surface area (Å²) < 4.78 is 26.6. The number of benzene rings is 2. The predicted octanol–water partition coefficient (Wildman–Crippen LogP) is 3.74. The number of halogens is 2. The van der Waals surface area contributed by atoms with Crippen LogP contribution in [0.25, 0.3) is 6.08 Å². The maximum absolute atomic E-state index is 13.5. The Balaban J connectivity index is 1.64. The summed E-state index contributed by atoms with van der Waals surface area (Å²) in [6.45, 7) is 0.718. The molecule has 0 atom stereocenters. The van der Waals surface area contributed by atoms with Crippen molar-refractivity contribution in [1.82, 2.24) is 0 Å². The Kier molecular flexibility index (Phi) is 4.88. The molecule has 0 saturated carbocycles. The summed E-state index contributed by atoms with van der Waals surface area (Å²) in [4.78, 5) is 25.3. The molecule has 1 aliphatic heterocycles. The molecule has 1 N–H and O–H groups in total. The van der Waals surface area contributed by atoms with Gasteiger partial charge in [-0.1, -0.05) is 12.1 Å². The van der Waals surface area contributed by atoms with E-state index in [9.17, 15) is 18.4 Å². The fourth-order valence-corrected chi connectivity index (χ4v) is 2.63. The van der Waals surface area contributed by atoms with Crippen LogP contribution in [0.15, 0.2) is 48.5 Å². The van der Waals surface area contributed by atoms with Gasteiger partial charge < -0.3 is 10.2 Å². The Morgan fingerprint density at radius 3 is 2.56 bits per heavy atom. The Morgan fingerprint density at radius 1 is 1.12 bits per heavy atom. The second-order valence-electron chi connectivity index (χ2n) is 5.69. The van der Waals surface area contributed by atoms with E-state index in [4.69, 9.17) is 0 Å². The van der Waals surface area contributed by atoms with Crippen LogP contribution in [0.3, 0.4) is 0 Å². The minimum absolute atomic E-state index is 0.111. The van der Waals surface area contributed by atoms with Gasteiger partial charge in [0, 0.05) is 30.8 Å². The van der Waals surface area contributed by atoms with Crippen molar-refractivity contribution < 1.29 is 18.4 Å². The zero-order valence-corrected chi connectivity index (χ0v) is 13.3. The standard InChI is InChI=1S/C19H16F2N2O2/c20-14-6-9-16(21)17(12-14)22-18(24)10-5-13-3-7-15(8-4-13)23-11-1-2-19(23)25/h3-10,12H,1-2,11H2,(H,22,24). The highest BCUT2D eigenvalue weighted by Gasteiger charge is 2.21. The van der Waals surface area contributed by atoms with Gasteiger partial charge in [0.15, 0.2) is 0 Å². The second-order valence-corrected chi connectivity index (χ2v) is 5.69. The number of nitrogens with zero attached hydrogens (tertiary/aromatic N) is 1. The SMILES string of the molecule is O=C(C=Cc1ccc(N2CCCC2=O)cc1)Nc1cc(F)ccc1F. The highest BCUT2D eigenvalue weighted by molar-refractivity contribution is 6.02. The molecule has 2 aromatic rings. The molecule has 4 nitrogen and oxygen atoms in total. The number of amides is 2. The van der Waals surface area contributed by atoms with Crippen molar-refractivity contribution in [1.29, 1.82) is 0 Å². The van der Waals surface area contributed by atoms with Crippen LogP contribution in [0.1, 0.15) is 18.4 Å². The molecule has 0 aliphatic carbocycles. The molecule has 3 rings (SSSR count). The lowest BCUT2D eigenvalue weighted by atomic mass is 10.2. The molecule has 1 aliphatic rings. The molecule has 0 spiro atoms. The van der Waals surface area contributed by atoms with Gasteiger partial charge in [-0.25, -0.2) is 8.78 Å². The van der Waals surface area contributed by atoms with Crippen LogP contribution in [0.5, 0.6) is 0 Å². The van der Waals surface area contributed by atoms with Crippen LogP contribution < -0.4 is 10.2 Å². The van der Waals surface area contributed by atoms with E-state index in [-0.39, 0.29) is 11.6 Å². The third-order valence-electron chi connectivity index (χ3n) is 3.89. The number of nitrogens with one attached hydrogen (secondary N) is 1. The van der Waals surface area contributed by atoms with Crippen molar-refractivity contribution in [2.24, 2.45) is 0 Å². The summed E-state index contributed by atoms with van der Waals surface area (Å²) in [6.07, 6.45) is 4.22. The fourth-order valence-electron chi connectivity index (χ4n) is 2.63. The zero-order valence-electron chi connectivity index (χ0n) is 13.3. The first-order chi connectivity index (χ1) is 12.0. The van der Waals surface area contributed by atoms with E-state index in [1.165, 1.54) is 6.08 Å². The largest absolute Gasteiger partial charge is 0.320 e. The molecule has 0 radical (unpaired) electrons. The first-order valence-corrected chi connectivity index (χ1v) is 7.87. The van der Waals surface area contributed by atoms with Crippen LogP contribution >= 0.6 is 0 Å². The van der Waals surface area contributed by atoms with E-state index in [1.54, 1.807) is 23.1 Å². The fraction of sp³-hybridized carbons (Fsp3) is 0.158. The van der Waals surface area contributed by atoms with E-state index < -0.39 is 17.5 Å². The quantitative estimate of drug-likeness (QED) is 0.861. The molecule has 0 unspecified atom stereocenters. The number of carbonyl (C=O) groups excluding carboxylic acids is 2. The predicted molar refractivity (Wildman–Crippen MR) is 92.1 cm³/mol. The van der Waals surface area contributed by atoms with Crippen molar-refractivity contribution in [3.63, 3.8) is 0 Å². The van der Waals surface area contributed by atoms with Gasteiger partial charge >= 0.3 is 0 Å². The number of hydrogen-bond acceptors (Lipinski definition) is 2. The molecule has 1 fully saturated rings. The van der Waals surface area contributed by atoms with E-state index in [1.807, 2.05) is 12.1 Å². The summed E-state index contributed by atoms with van der Waals surface area (Å²) in [5.41, 5.74) is 1.37. The third kappa shape index (κ3) is 4.09. The van der Waals surface area contributed by atoms with Gasteiger partial charge in [-0.15, -0.1) is 0 Å². The molecular formula is C19H16F2N2O2. The summed E-state index contributed by atoms with van der Waals surface area (Å²) >= 11 is 0. The first-order valence-electron chi connectivity index (χ1n) is 7.87.